The van der Waals surface area contributed by atoms with Crippen LogP contribution >= 0.6 is 11.6 Å². The number of hydrogen-bond acceptors (Lipinski definition) is 4. The molecule has 0 bridgehead atoms. The average Bonchev–Trinajstić information content (AvgIpc) is 2.47. The Morgan fingerprint density at radius 1 is 1.21 bits per heavy atom. The van der Waals surface area contributed by atoms with Crippen molar-refractivity contribution in [3.63, 3.8) is 0 Å². The molecule has 1 aromatic rings. The third kappa shape index (κ3) is 2.42. The molecule has 19 heavy (non-hydrogen) atoms. The highest BCUT2D eigenvalue weighted by atomic mass is 35.5. The van der Waals surface area contributed by atoms with Gasteiger partial charge in [0.05, 0.1) is 16.2 Å². The second-order valence-electron chi connectivity index (χ2n) is 5.73. The smallest absolute Gasteiger partial charge is 0.399 e. The normalized spacial score (nSPS) is 20.6. The minimum absolute atomic E-state index is 0.128. The number of hydrogen-bond donors (Lipinski definition) is 0. The molecule has 0 amide bonds. The summed E-state index contributed by atoms with van der Waals surface area (Å²) in [6.45, 7) is 9.30. The fraction of sp³-hybridized carbons (Fsp3) is 0.538. The second kappa shape index (κ2) is 4.58. The maximum atomic E-state index is 11.7. The topological polar surface area (TPSA) is 48.4 Å². The van der Waals surface area contributed by atoms with E-state index in [1.165, 1.54) is 13.1 Å². The second-order valence-corrected chi connectivity index (χ2v) is 6.14. The number of ketones is 1. The van der Waals surface area contributed by atoms with E-state index >= 15 is 0 Å². The lowest BCUT2D eigenvalue weighted by molar-refractivity contribution is 0.00578. The van der Waals surface area contributed by atoms with Crippen molar-refractivity contribution < 1.29 is 14.1 Å². The van der Waals surface area contributed by atoms with E-state index < -0.39 is 18.3 Å². The molecular weight excluding hydrogens is 264 g/mol. The first-order valence-corrected chi connectivity index (χ1v) is 6.53. The number of carbonyl (C=O) groups excluding carboxylic acids is 1. The minimum atomic E-state index is -0.630. The van der Waals surface area contributed by atoms with E-state index in [0.29, 0.717) is 16.0 Å². The SMILES string of the molecule is CC(=O)c1c(Cl)cncc1B1OC(C)(C)C(C)(C)O1. The molecule has 1 aliphatic rings. The van der Waals surface area contributed by atoms with Crippen molar-refractivity contribution in [2.24, 2.45) is 0 Å². The number of halogens is 1. The first kappa shape index (κ1) is 14.5. The summed E-state index contributed by atoms with van der Waals surface area (Å²) in [6.07, 6.45) is 3.03. The van der Waals surface area contributed by atoms with Gasteiger partial charge in [-0.25, -0.2) is 0 Å². The molecule has 0 saturated carbocycles. The summed E-state index contributed by atoms with van der Waals surface area (Å²) in [6, 6.07) is 0. The largest absolute Gasteiger partial charge is 0.497 e. The van der Waals surface area contributed by atoms with Crippen LogP contribution in [0.4, 0.5) is 0 Å². The molecule has 0 unspecified atom stereocenters. The molecule has 0 aromatic carbocycles. The molecule has 6 heteroatoms. The summed E-state index contributed by atoms with van der Waals surface area (Å²) in [5, 5.41) is 0.319. The molecule has 1 aromatic heterocycles. The third-order valence-corrected chi connectivity index (χ3v) is 4.07. The van der Waals surface area contributed by atoms with Crippen molar-refractivity contribution in [3.05, 3.63) is 23.0 Å². The number of pyridine rings is 1. The molecule has 0 spiro atoms. The van der Waals surface area contributed by atoms with Crippen LogP contribution in [0.3, 0.4) is 0 Å². The van der Waals surface area contributed by atoms with E-state index in [2.05, 4.69) is 4.98 Å². The Labute approximate surface area is 118 Å². The van der Waals surface area contributed by atoms with Gasteiger partial charge < -0.3 is 9.31 Å². The van der Waals surface area contributed by atoms with Gasteiger partial charge in [0.2, 0.25) is 0 Å². The molecule has 0 atom stereocenters. The highest BCUT2D eigenvalue weighted by Gasteiger charge is 2.52. The van der Waals surface area contributed by atoms with Gasteiger partial charge in [-0.1, -0.05) is 11.6 Å². The summed E-state index contributed by atoms with van der Waals surface area (Å²) in [5.74, 6) is -0.128. The van der Waals surface area contributed by atoms with Gasteiger partial charge in [-0.05, 0) is 34.6 Å². The Bertz CT molecular complexity index is 515. The van der Waals surface area contributed by atoms with Gasteiger partial charge in [0, 0.05) is 23.4 Å². The Morgan fingerprint density at radius 3 is 2.21 bits per heavy atom. The molecule has 0 N–H and O–H groups in total. The number of rotatable bonds is 2. The van der Waals surface area contributed by atoms with Gasteiger partial charge in [-0.15, -0.1) is 0 Å². The van der Waals surface area contributed by atoms with Crippen LogP contribution in [-0.2, 0) is 9.31 Å². The third-order valence-electron chi connectivity index (χ3n) is 3.79. The van der Waals surface area contributed by atoms with Crippen LogP contribution < -0.4 is 5.46 Å². The first-order valence-electron chi connectivity index (χ1n) is 6.16. The Hall–Kier alpha value is -0.905. The molecule has 2 heterocycles. The highest BCUT2D eigenvalue weighted by molar-refractivity contribution is 6.64. The molecule has 0 radical (unpaired) electrons. The van der Waals surface area contributed by atoms with E-state index in [9.17, 15) is 4.79 Å². The monoisotopic (exact) mass is 281 g/mol. The lowest BCUT2D eigenvalue weighted by Crippen LogP contribution is -2.41. The van der Waals surface area contributed by atoms with Gasteiger partial charge >= 0.3 is 7.12 Å². The first-order chi connectivity index (χ1) is 8.66. The van der Waals surface area contributed by atoms with E-state index in [0.717, 1.165) is 0 Å². The summed E-state index contributed by atoms with van der Waals surface area (Å²) in [7, 11) is -0.630. The highest BCUT2D eigenvalue weighted by Crippen LogP contribution is 2.36. The molecule has 2 rings (SSSR count). The number of nitrogens with zero attached hydrogens (tertiary/aromatic N) is 1. The van der Waals surface area contributed by atoms with E-state index in [1.54, 1.807) is 6.20 Å². The zero-order valence-electron chi connectivity index (χ0n) is 11.8. The molecule has 1 fully saturated rings. The predicted octanol–water partition coefficient (Wildman–Crippen LogP) is 2.24. The van der Waals surface area contributed by atoms with Crippen LogP contribution in [0.25, 0.3) is 0 Å². The zero-order chi connectivity index (χ0) is 14.4. The summed E-state index contributed by atoms with van der Waals surface area (Å²) >= 11 is 6.05. The average molecular weight is 282 g/mol. The summed E-state index contributed by atoms with van der Waals surface area (Å²) < 4.78 is 11.8. The summed E-state index contributed by atoms with van der Waals surface area (Å²) in [5.41, 5.74) is 0.0658. The molecule has 4 nitrogen and oxygen atoms in total. The lowest BCUT2D eigenvalue weighted by atomic mass is 9.76. The van der Waals surface area contributed by atoms with Crippen molar-refractivity contribution in [3.8, 4) is 0 Å². The zero-order valence-corrected chi connectivity index (χ0v) is 12.5. The Balaban J connectivity index is 2.46. The summed E-state index contributed by atoms with van der Waals surface area (Å²) in [4.78, 5) is 15.8. The predicted molar refractivity (Wildman–Crippen MR) is 75.0 cm³/mol. The lowest BCUT2D eigenvalue weighted by Gasteiger charge is -2.32. The van der Waals surface area contributed by atoms with Crippen molar-refractivity contribution in [1.82, 2.24) is 4.98 Å². The van der Waals surface area contributed by atoms with Gasteiger partial charge in [-0.3, -0.25) is 9.78 Å². The quantitative estimate of drug-likeness (QED) is 0.616. The number of Topliss-reactive ketones (excluding diaryl/α,β-unsaturated/α-hetero) is 1. The maximum Gasteiger partial charge on any atom is 0.497 e. The van der Waals surface area contributed by atoms with Crippen LogP contribution in [0.15, 0.2) is 12.4 Å². The Morgan fingerprint density at radius 2 is 1.74 bits per heavy atom. The number of carbonyl (C=O) groups is 1. The Kier molecular flexibility index (Phi) is 3.50. The van der Waals surface area contributed by atoms with Gasteiger partial charge in [0.15, 0.2) is 5.78 Å². The van der Waals surface area contributed by atoms with E-state index in [-0.39, 0.29) is 5.78 Å². The van der Waals surface area contributed by atoms with Crippen LogP contribution in [0.1, 0.15) is 45.0 Å². The molecule has 1 aliphatic heterocycles. The van der Waals surface area contributed by atoms with Crippen molar-refractivity contribution in [2.75, 3.05) is 0 Å². The van der Waals surface area contributed by atoms with Crippen LogP contribution in [0.2, 0.25) is 5.02 Å². The molecule has 102 valence electrons. The standard InChI is InChI=1S/C13H17BClNO3/c1-8(17)11-9(6-16-7-10(11)15)14-18-12(2,3)13(4,5)19-14/h6-7H,1-5H3. The van der Waals surface area contributed by atoms with E-state index in [4.69, 9.17) is 20.9 Å². The minimum Gasteiger partial charge on any atom is -0.399 e. The van der Waals surface area contributed by atoms with E-state index in [1.807, 2.05) is 27.7 Å². The van der Waals surface area contributed by atoms with Crippen molar-refractivity contribution in [1.29, 1.82) is 0 Å². The molecule has 0 aliphatic carbocycles. The van der Waals surface area contributed by atoms with Crippen molar-refractivity contribution >= 4 is 30.0 Å². The fourth-order valence-corrected chi connectivity index (χ4v) is 2.27. The van der Waals surface area contributed by atoms with Crippen molar-refractivity contribution in [2.45, 2.75) is 45.8 Å². The fourth-order valence-electron chi connectivity index (χ4n) is 1.97. The van der Waals surface area contributed by atoms with Gasteiger partial charge in [0.1, 0.15) is 0 Å². The maximum absolute atomic E-state index is 11.7. The molecular formula is C13H17BClNO3. The van der Waals surface area contributed by atoms with Crippen LogP contribution in [0, 0.1) is 0 Å². The van der Waals surface area contributed by atoms with Gasteiger partial charge in [-0.2, -0.15) is 0 Å². The van der Waals surface area contributed by atoms with Crippen LogP contribution in [-0.4, -0.2) is 29.1 Å². The van der Waals surface area contributed by atoms with Crippen LogP contribution in [0.5, 0.6) is 0 Å². The number of aromatic nitrogens is 1. The van der Waals surface area contributed by atoms with Gasteiger partial charge in [0.25, 0.3) is 0 Å². The molecule has 1 saturated heterocycles.